The van der Waals surface area contributed by atoms with Crippen LogP contribution in [0.1, 0.15) is 19.8 Å². The highest BCUT2D eigenvalue weighted by atomic mass is 35.5. The normalized spacial score (nSPS) is 10.7. The van der Waals surface area contributed by atoms with Gasteiger partial charge in [0.15, 0.2) is 0 Å². The maximum Gasteiger partial charge on any atom is 0.513 e. The van der Waals surface area contributed by atoms with Gasteiger partial charge in [-0.25, -0.2) is 4.79 Å². The molecule has 26 heavy (non-hydrogen) atoms. The average Bonchev–Trinajstić information content (AvgIpc) is 2.63. The van der Waals surface area contributed by atoms with Crippen molar-refractivity contribution in [2.24, 2.45) is 0 Å². The Morgan fingerprint density at radius 1 is 1.15 bits per heavy atom. The van der Waals surface area contributed by atoms with Crippen molar-refractivity contribution in [3.8, 4) is 16.9 Å². The Balaban J connectivity index is 1.88. The molecule has 0 aliphatic heterocycles. The number of hydrogen-bond donors (Lipinski definition) is 0. The van der Waals surface area contributed by atoms with E-state index in [0.717, 1.165) is 12.8 Å². The molecule has 0 atom stereocenters. The SMILES string of the molecule is CCCCOC(=O)Oc1ccc2c(=O)c(-c3ccccc3Cl)coc2c1. The first-order valence-electron chi connectivity index (χ1n) is 8.25. The van der Waals surface area contributed by atoms with Gasteiger partial charge in [-0.15, -0.1) is 0 Å². The molecule has 0 radical (unpaired) electrons. The van der Waals surface area contributed by atoms with E-state index in [-0.39, 0.29) is 11.2 Å². The zero-order chi connectivity index (χ0) is 18.5. The van der Waals surface area contributed by atoms with Crippen LogP contribution in [0.2, 0.25) is 5.02 Å². The topological polar surface area (TPSA) is 65.7 Å². The predicted molar refractivity (Wildman–Crippen MR) is 99.8 cm³/mol. The van der Waals surface area contributed by atoms with Gasteiger partial charge < -0.3 is 13.9 Å². The molecule has 134 valence electrons. The van der Waals surface area contributed by atoms with E-state index >= 15 is 0 Å². The van der Waals surface area contributed by atoms with Gasteiger partial charge in [-0.3, -0.25) is 4.79 Å². The van der Waals surface area contributed by atoms with E-state index in [1.807, 2.05) is 6.92 Å². The van der Waals surface area contributed by atoms with Crippen LogP contribution in [0.5, 0.6) is 5.75 Å². The molecule has 3 rings (SSSR count). The lowest BCUT2D eigenvalue weighted by Crippen LogP contribution is -2.11. The van der Waals surface area contributed by atoms with Gasteiger partial charge in [0.05, 0.1) is 17.6 Å². The van der Waals surface area contributed by atoms with Gasteiger partial charge in [0.1, 0.15) is 17.6 Å². The van der Waals surface area contributed by atoms with Crippen LogP contribution in [0, 0.1) is 0 Å². The van der Waals surface area contributed by atoms with Gasteiger partial charge in [-0.05, 0) is 24.6 Å². The molecule has 0 saturated heterocycles. The third-order valence-electron chi connectivity index (χ3n) is 3.83. The van der Waals surface area contributed by atoms with Gasteiger partial charge in [0.2, 0.25) is 5.43 Å². The van der Waals surface area contributed by atoms with Crippen molar-refractivity contribution in [1.82, 2.24) is 0 Å². The summed E-state index contributed by atoms with van der Waals surface area (Å²) in [6.07, 6.45) is 2.26. The van der Waals surface area contributed by atoms with Gasteiger partial charge in [0.25, 0.3) is 0 Å². The Hall–Kier alpha value is -2.79. The predicted octanol–water partition coefficient (Wildman–Crippen LogP) is 5.43. The third kappa shape index (κ3) is 3.89. The lowest BCUT2D eigenvalue weighted by atomic mass is 10.1. The Bertz CT molecular complexity index is 993. The minimum Gasteiger partial charge on any atom is -0.463 e. The molecule has 0 spiro atoms. The fourth-order valence-electron chi connectivity index (χ4n) is 2.46. The first kappa shape index (κ1) is 18.0. The number of rotatable bonds is 5. The fraction of sp³-hybridized carbons (Fsp3) is 0.200. The number of carbonyl (C=O) groups is 1. The van der Waals surface area contributed by atoms with E-state index in [0.29, 0.717) is 33.7 Å². The smallest absolute Gasteiger partial charge is 0.463 e. The van der Waals surface area contributed by atoms with Crippen molar-refractivity contribution in [3.05, 3.63) is 64.0 Å². The third-order valence-corrected chi connectivity index (χ3v) is 4.16. The molecule has 1 aromatic heterocycles. The van der Waals surface area contributed by atoms with Crippen LogP contribution in [0.15, 0.2) is 57.9 Å². The van der Waals surface area contributed by atoms with E-state index in [9.17, 15) is 9.59 Å². The first-order chi connectivity index (χ1) is 12.6. The largest absolute Gasteiger partial charge is 0.513 e. The number of carbonyl (C=O) groups excluding carboxylic acids is 1. The van der Waals surface area contributed by atoms with Crippen molar-refractivity contribution >= 4 is 28.7 Å². The summed E-state index contributed by atoms with van der Waals surface area (Å²) in [5, 5.41) is 0.836. The molecular formula is C20H17ClO5. The first-order valence-corrected chi connectivity index (χ1v) is 8.63. The molecule has 2 aromatic carbocycles. The lowest BCUT2D eigenvalue weighted by molar-refractivity contribution is 0.0979. The lowest BCUT2D eigenvalue weighted by Gasteiger charge is -2.07. The van der Waals surface area contributed by atoms with Crippen LogP contribution in [0.25, 0.3) is 22.1 Å². The standard InChI is InChI=1S/C20H17ClO5/c1-2-3-10-24-20(23)26-13-8-9-15-18(11-13)25-12-16(19(15)22)14-6-4-5-7-17(14)21/h4-9,11-12H,2-3,10H2,1H3. The van der Waals surface area contributed by atoms with E-state index in [4.69, 9.17) is 25.5 Å². The zero-order valence-electron chi connectivity index (χ0n) is 14.2. The molecule has 1 heterocycles. The molecule has 6 heteroatoms. The van der Waals surface area contributed by atoms with Crippen LogP contribution >= 0.6 is 11.6 Å². The second kappa shape index (κ2) is 8.06. The Morgan fingerprint density at radius 3 is 2.73 bits per heavy atom. The summed E-state index contributed by atoms with van der Waals surface area (Å²) in [5.74, 6) is 0.243. The van der Waals surface area contributed by atoms with Crippen LogP contribution in [-0.4, -0.2) is 12.8 Å². The van der Waals surface area contributed by atoms with Gasteiger partial charge in [0, 0.05) is 16.7 Å². The number of benzene rings is 2. The second-order valence-electron chi connectivity index (χ2n) is 5.67. The summed E-state index contributed by atoms with van der Waals surface area (Å²) in [5.41, 5.74) is 1.07. The number of ether oxygens (including phenoxy) is 2. The van der Waals surface area contributed by atoms with Gasteiger partial charge >= 0.3 is 6.16 Å². The molecule has 0 saturated carbocycles. The quantitative estimate of drug-likeness (QED) is 0.339. The maximum absolute atomic E-state index is 12.7. The van der Waals surface area contributed by atoms with Crippen LogP contribution in [-0.2, 0) is 4.74 Å². The van der Waals surface area contributed by atoms with Crippen molar-refractivity contribution < 1.29 is 18.7 Å². The highest BCUT2D eigenvalue weighted by Crippen LogP contribution is 2.27. The fourth-order valence-corrected chi connectivity index (χ4v) is 2.70. The molecule has 0 bridgehead atoms. The summed E-state index contributed by atoms with van der Waals surface area (Å²) >= 11 is 6.16. The molecule has 5 nitrogen and oxygen atoms in total. The van der Waals surface area contributed by atoms with Crippen molar-refractivity contribution in [2.45, 2.75) is 19.8 Å². The average molecular weight is 373 g/mol. The van der Waals surface area contributed by atoms with E-state index in [1.165, 1.54) is 18.4 Å². The van der Waals surface area contributed by atoms with Gasteiger partial charge in [-0.1, -0.05) is 43.1 Å². The second-order valence-corrected chi connectivity index (χ2v) is 6.08. The van der Waals surface area contributed by atoms with Gasteiger partial charge in [-0.2, -0.15) is 0 Å². The molecule has 0 N–H and O–H groups in total. The number of fused-ring (bicyclic) bond motifs is 1. The number of unbranched alkanes of at least 4 members (excludes halogenated alkanes) is 1. The summed E-state index contributed by atoms with van der Waals surface area (Å²) < 4.78 is 15.6. The van der Waals surface area contributed by atoms with E-state index in [2.05, 4.69) is 0 Å². The van der Waals surface area contributed by atoms with Crippen LogP contribution in [0.3, 0.4) is 0 Å². The number of hydrogen-bond acceptors (Lipinski definition) is 5. The van der Waals surface area contributed by atoms with Crippen molar-refractivity contribution in [1.29, 1.82) is 0 Å². The van der Waals surface area contributed by atoms with Crippen LogP contribution in [0.4, 0.5) is 4.79 Å². The molecular weight excluding hydrogens is 356 g/mol. The number of halogens is 1. The highest BCUT2D eigenvalue weighted by molar-refractivity contribution is 6.33. The Morgan fingerprint density at radius 2 is 1.96 bits per heavy atom. The highest BCUT2D eigenvalue weighted by Gasteiger charge is 2.13. The summed E-state index contributed by atoms with van der Waals surface area (Å²) in [4.78, 5) is 24.4. The minimum atomic E-state index is -0.784. The monoisotopic (exact) mass is 372 g/mol. The van der Waals surface area contributed by atoms with Crippen molar-refractivity contribution in [3.63, 3.8) is 0 Å². The Labute approximate surface area is 155 Å². The van der Waals surface area contributed by atoms with E-state index < -0.39 is 6.16 Å². The minimum absolute atomic E-state index is 0.212. The van der Waals surface area contributed by atoms with E-state index in [1.54, 1.807) is 30.3 Å². The van der Waals surface area contributed by atoms with Crippen molar-refractivity contribution in [2.75, 3.05) is 6.61 Å². The van der Waals surface area contributed by atoms with Crippen LogP contribution < -0.4 is 10.2 Å². The molecule has 0 fully saturated rings. The maximum atomic E-state index is 12.7. The molecule has 0 unspecified atom stereocenters. The molecule has 0 amide bonds. The molecule has 3 aromatic rings. The Kier molecular flexibility index (Phi) is 5.58. The zero-order valence-corrected chi connectivity index (χ0v) is 14.9. The molecule has 0 aliphatic rings. The summed E-state index contributed by atoms with van der Waals surface area (Å²) in [6.45, 7) is 2.30. The summed E-state index contributed by atoms with van der Waals surface area (Å²) in [7, 11) is 0. The molecule has 0 aliphatic carbocycles. The summed E-state index contributed by atoms with van der Waals surface area (Å²) in [6, 6.07) is 11.6.